The van der Waals surface area contributed by atoms with Crippen molar-refractivity contribution < 1.29 is 62.6 Å². The fourth-order valence-corrected chi connectivity index (χ4v) is 11.6. The number of nitrogens with one attached hydrogen (secondary N) is 3. The Morgan fingerprint density at radius 3 is 2.30 bits per heavy atom. The van der Waals surface area contributed by atoms with E-state index in [9.17, 15) is 33.9 Å². The molecular formula is C51H74N6O13S. The van der Waals surface area contributed by atoms with Crippen molar-refractivity contribution in [3.63, 3.8) is 0 Å². The van der Waals surface area contributed by atoms with Gasteiger partial charge in [-0.3, -0.25) is 34.2 Å². The number of rotatable bonds is 23. The first kappa shape index (κ1) is 54.4. The second-order valence-electron chi connectivity index (χ2n) is 21.1. The Labute approximate surface area is 420 Å². The third-order valence-electron chi connectivity index (χ3n) is 14.8. The number of amides is 5. The molecule has 8 rings (SSSR count). The lowest BCUT2D eigenvalue weighted by Crippen LogP contribution is -2.77. The van der Waals surface area contributed by atoms with E-state index in [0.717, 1.165) is 41.0 Å². The molecule has 10 unspecified atom stereocenters. The lowest BCUT2D eigenvalue weighted by molar-refractivity contribution is -0.549. The molecule has 19 nitrogen and oxygen atoms in total. The molecule has 6 aliphatic rings. The zero-order chi connectivity index (χ0) is 51.1. The predicted molar refractivity (Wildman–Crippen MR) is 259 cm³/mol. The Morgan fingerprint density at radius 1 is 0.901 bits per heavy atom. The third kappa shape index (κ3) is 12.9. The zero-order valence-electron chi connectivity index (χ0n) is 42.3. The average Bonchev–Trinajstić information content (AvgIpc) is 3.87. The number of likely N-dealkylation sites (tertiary alicyclic amines) is 1. The van der Waals surface area contributed by atoms with Gasteiger partial charge in [-0.05, 0) is 67.9 Å². The van der Waals surface area contributed by atoms with E-state index in [1.54, 1.807) is 23.8 Å². The van der Waals surface area contributed by atoms with Crippen molar-refractivity contribution >= 4 is 46.7 Å². The van der Waals surface area contributed by atoms with Crippen LogP contribution in [0, 0.1) is 36.0 Å². The molecule has 1 aliphatic carbocycles. The highest BCUT2D eigenvalue weighted by Gasteiger charge is 2.71. The molecule has 6 fully saturated rings. The fraction of sp³-hybridized carbons (Fsp3) is 0.706. The van der Waals surface area contributed by atoms with Crippen molar-refractivity contribution in [1.29, 1.82) is 0 Å². The van der Waals surface area contributed by atoms with E-state index in [4.69, 9.17) is 28.7 Å². The summed E-state index contributed by atoms with van der Waals surface area (Å²) < 4.78 is 23.2. The minimum Gasteiger partial charge on any atom is -0.391 e. The molecule has 2 aromatic rings. The van der Waals surface area contributed by atoms with Crippen LogP contribution in [0.3, 0.4) is 0 Å². The molecule has 392 valence electrons. The van der Waals surface area contributed by atoms with Gasteiger partial charge in [0.25, 0.3) is 0 Å². The Hall–Kier alpha value is -4.41. The molecule has 5 amide bonds. The van der Waals surface area contributed by atoms with Gasteiger partial charge in [0.1, 0.15) is 17.9 Å². The highest BCUT2D eigenvalue weighted by atomic mass is 32.1. The highest BCUT2D eigenvalue weighted by molar-refractivity contribution is 7.13. The largest absolute Gasteiger partial charge is 0.391 e. The lowest BCUT2D eigenvalue weighted by atomic mass is 9.57. The summed E-state index contributed by atoms with van der Waals surface area (Å²) in [6.07, 6.45) is 2.28. The van der Waals surface area contributed by atoms with Crippen molar-refractivity contribution in [1.82, 2.24) is 31.0 Å². The number of hydrogen-bond acceptors (Lipinski definition) is 15. The minimum absolute atomic E-state index is 0.00133. The number of ketones is 1. The Bertz CT molecular complexity index is 2200. The molecule has 1 aromatic carbocycles. The van der Waals surface area contributed by atoms with Crippen LogP contribution in [0.1, 0.15) is 117 Å². The Morgan fingerprint density at radius 2 is 1.61 bits per heavy atom. The minimum atomic E-state index is -1.04. The number of piperidine rings is 1. The molecule has 0 radical (unpaired) electrons. The zero-order valence-corrected chi connectivity index (χ0v) is 43.1. The number of β-amino-alcohol motifs (C(OH)–C–C–N with tert-alkyl or cyclic N) is 1. The number of thiazole rings is 1. The predicted octanol–water partition coefficient (Wildman–Crippen LogP) is 4.52. The van der Waals surface area contributed by atoms with Gasteiger partial charge in [-0.2, -0.15) is 0 Å². The van der Waals surface area contributed by atoms with Crippen molar-refractivity contribution in [2.75, 3.05) is 46.2 Å². The fourth-order valence-electron chi connectivity index (χ4n) is 10.8. The molecule has 6 heterocycles. The molecule has 20 heteroatoms. The van der Waals surface area contributed by atoms with E-state index in [1.165, 1.54) is 9.91 Å². The van der Waals surface area contributed by atoms with Crippen LogP contribution in [-0.4, -0.2) is 137 Å². The van der Waals surface area contributed by atoms with Crippen LogP contribution < -0.4 is 16.1 Å². The van der Waals surface area contributed by atoms with Gasteiger partial charge in [-0.15, -0.1) is 11.3 Å². The summed E-state index contributed by atoms with van der Waals surface area (Å²) in [7, 11) is 0. The van der Waals surface area contributed by atoms with Crippen LogP contribution in [0.15, 0.2) is 29.8 Å². The van der Waals surface area contributed by atoms with Crippen LogP contribution in [0.2, 0.25) is 0 Å². The summed E-state index contributed by atoms with van der Waals surface area (Å²) >= 11 is 1.57. The first-order valence-electron chi connectivity index (χ1n) is 25.3. The summed E-state index contributed by atoms with van der Waals surface area (Å²) in [6, 6.07) is 6.00. The molecule has 10 atom stereocenters. The second kappa shape index (κ2) is 23.6. The number of aliphatic hydroxyl groups excluding tert-OH is 1. The highest BCUT2D eigenvalue weighted by Crippen LogP contribution is 2.60. The number of Topliss-reactive ketones (excluding diaryl/α,β-unsaturated/α-hetero) is 1. The molecule has 2 bridgehead atoms. The summed E-state index contributed by atoms with van der Waals surface area (Å²) in [6.45, 7) is 15.1. The van der Waals surface area contributed by atoms with E-state index in [1.807, 2.05) is 58.9 Å². The van der Waals surface area contributed by atoms with Crippen LogP contribution >= 0.6 is 11.3 Å². The first-order chi connectivity index (χ1) is 33.8. The number of aryl methyl sites for hydroxylation is 1. The number of ether oxygens (including phenoxy) is 4. The number of hydrogen-bond donors (Lipinski definition) is 4. The molecule has 1 aromatic heterocycles. The molecule has 1 saturated carbocycles. The van der Waals surface area contributed by atoms with Crippen LogP contribution in [0.4, 0.5) is 0 Å². The van der Waals surface area contributed by atoms with Crippen LogP contribution in [0.25, 0.3) is 10.4 Å². The molecule has 1 spiro atoms. The maximum Gasteiger partial charge on any atom is 0.246 e. The monoisotopic (exact) mass is 1010 g/mol. The van der Waals surface area contributed by atoms with Gasteiger partial charge in [-0.1, -0.05) is 58.9 Å². The molecule has 4 N–H and O–H groups in total. The third-order valence-corrected chi connectivity index (χ3v) is 15.8. The Balaban J connectivity index is 0.731. The van der Waals surface area contributed by atoms with E-state index in [-0.39, 0.29) is 100 Å². The summed E-state index contributed by atoms with van der Waals surface area (Å²) in [5.41, 5.74) is 5.89. The van der Waals surface area contributed by atoms with Gasteiger partial charge >= 0.3 is 0 Å². The SMILES string of the molecule is Cc1ncsc1-c1ccc(CNC(=O)C2CC(O)CN2C(=O)C(NC(=O)CCOCCOCCOCCCC(=O)CCC(=O)NN2C(=O)C(C)C3CCC(C)C4CCC5(C)OOC43C2O5)C(C)(C)C)cc1. The van der Waals surface area contributed by atoms with Gasteiger partial charge in [0, 0.05) is 70.1 Å². The van der Waals surface area contributed by atoms with Gasteiger partial charge in [0.05, 0.1) is 55.2 Å². The molecule has 5 saturated heterocycles. The number of carbonyl (C=O) groups excluding carboxylic acids is 6. The normalized spacial score (nSPS) is 28.5. The first-order valence-corrected chi connectivity index (χ1v) is 26.2. The Kier molecular flexibility index (Phi) is 18.1. The number of benzene rings is 1. The maximum atomic E-state index is 14.0. The van der Waals surface area contributed by atoms with E-state index in [0.29, 0.717) is 38.6 Å². The average molecular weight is 1010 g/mol. The number of hydrazine groups is 1. The van der Waals surface area contributed by atoms with Gasteiger partial charge in [-0.25, -0.2) is 19.8 Å². The topological polar surface area (TPSA) is 233 Å². The van der Waals surface area contributed by atoms with Gasteiger partial charge in [0.2, 0.25) is 35.3 Å². The molecular weight excluding hydrogens is 937 g/mol. The number of aliphatic hydroxyl groups is 1. The molecule has 5 aliphatic heterocycles. The summed E-state index contributed by atoms with van der Waals surface area (Å²) in [4.78, 5) is 98.8. The maximum absolute atomic E-state index is 14.0. The van der Waals surface area contributed by atoms with E-state index < -0.39 is 59.0 Å². The number of fused-ring (bicyclic) bond motifs is 2. The molecule has 71 heavy (non-hydrogen) atoms. The van der Waals surface area contributed by atoms with Crippen LogP contribution in [-0.2, 0) is 64.0 Å². The smallest absolute Gasteiger partial charge is 0.246 e. The number of aromatic nitrogens is 1. The van der Waals surface area contributed by atoms with Crippen LogP contribution in [0.5, 0.6) is 0 Å². The second-order valence-corrected chi connectivity index (χ2v) is 22.0. The van der Waals surface area contributed by atoms with Gasteiger partial charge in [0.15, 0.2) is 11.8 Å². The van der Waals surface area contributed by atoms with Crippen molar-refractivity contribution in [2.24, 2.45) is 29.1 Å². The van der Waals surface area contributed by atoms with E-state index >= 15 is 0 Å². The van der Waals surface area contributed by atoms with Crippen molar-refractivity contribution in [2.45, 2.75) is 155 Å². The van der Waals surface area contributed by atoms with E-state index in [2.05, 4.69) is 28.0 Å². The lowest BCUT2D eigenvalue weighted by Gasteiger charge is -2.61. The standard InChI is InChI=1S/C51H74N6O13S/c1-31-10-16-39-32(2)46(63)57(48-51(39)38(31)18-20-50(7,68-48)69-70-51)55-42(61)17-15-36(58)9-8-21-65-23-25-67-26-24-66-22-19-41(60)54-44(49(4,5)6)47(64)56-29-37(59)27-40(56)45(62)52-28-34-11-13-35(14-12-34)43-33(3)53-30-71-43/h11-14,30-32,37-40,44,48,59H,8-10,15-29H2,1-7H3,(H,52,62)(H,54,60)(H,55,61). The summed E-state index contributed by atoms with van der Waals surface area (Å²) in [5.74, 6) is -3.08. The number of carbonyl (C=O) groups is 6. The van der Waals surface area contributed by atoms with Crippen molar-refractivity contribution in [3.05, 3.63) is 41.0 Å². The number of nitrogens with zero attached hydrogens (tertiary/aromatic N) is 3. The summed E-state index contributed by atoms with van der Waals surface area (Å²) in [5, 5.41) is 17.6. The van der Waals surface area contributed by atoms with Gasteiger partial charge < -0.3 is 39.6 Å². The van der Waals surface area contributed by atoms with Crippen molar-refractivity contribution in [3.8, 4) is 10.4 Å². The quantitative estimate of drug-likeness (QED) is 0.0886.